The highest BCUT2D eigenvalue weighted by Crippen LogP contribution is 2.33. The molecule has 0 aliphatic carbocycles. The maximum atomic E-state index is 13.7. The minimum absolute atomic E-state index is 0.124. The van der Waals surface area contributed by atoms with Crippen LogP contribution in [0.15, 0.2) is 101 Å². The summed E-state index contributed by atoms with van der Waals surface area (Å²) in [6.45, 7) is 9.58. The number of rotatable bonds is 7. The first-order valence-electron chi connectivity index (χ1n) is 14.3. The standard InChI is InChI=1S/C34H37N3O5S/c1-23-17-19-27(20-18-23)43(39,40)36-35-31-21-26(41-32-16-9-8-14-30(31)32)22-37(33(38)42-34(3,4)5)24(2)28-15-10-12-25-11-6-7-13-29(25)28/h6-20,24,26,36H,21-22H2,1-5H3/b35-31+/t24-,26-/m1/s1. The third kappa shape index (κ3) is 7.00. The minimum Gasteiger partial charge on any atom is -0.487 e. The van der Waals surface area contributed by atoms with E-state index in [1.165, 1.54) is 0 Å². The molecule has 1 N–H and O–H groups in total. The van der Waals surface area contributed by atoms with E-state index >= 15 is 0 Å². The summed E-state index contributed by atoms with van der Waals surface area (Å²) in [5.41, 5.74) is 2.45. The Labute approximate surface area is 253 Å². The first-order valence-corrected chi connectivity index (χ1v) is 15.8. The molecule has 224 valence electrons. The molecular formula is C34H37N3O5S. The van der Waals surface area contributed by atoms with Gasteiger partial charge >= 0.3 is 6.09 Å². The number of benzene rings is 4. The summed E-state index contributed by atoms with van der Waals surface area (Å²) in [6, 6.07) is 27.7. The Morgan fingerprint density at radius 2 is 1.67 bits per heavy atom. The van der Waals surface area contributed by atoms with E-state index in [1.54, 1.807) is 29.2 Å². The average Bonchev–Trinajstić information content (AvgIpc) is 2.97. The van der Waals surface area contributed by atoms with Gasteiger partial charge in [0.1, 0.15) is 17.5 Å². The van der Waals surface area contributed by atoms with Crippen LogP contribution in [0.25, 0.3) is 10.8 Å². The molecule has 0 saturated carbocycles. The fraction of sp³-hybridized carbons (Fsp3) is 0.294. The van der Waals surface area contributed by atoms with Crippen molar-refractivity contribution in [3.8, 4) is 5.75 Å². The van der Waals surface area contributed by atoms with Crippen LogP contribution in [0.3, 0.4) is 0 Å². The summed E-state index contributed by atoms with van der Waals surface area (Å²) < 4.78 is 38.2. The normalized spacial score (nSPS) is 16.7. The molecular weight excluding hydrogens is 562 g/mol. The van der Waals surface area contributed by atoms with E-state index in [-0.39, 0.29) is 23.9 Å². The zero-order valence-electron chi connectivity index (χ0n) is 25.1. The van der Waals surface area contributed by atoms with E-state index in [0.717, 1.165) is 21.9 Å². The number of hydrogen-bond donors (Lipinski definition) is 1. The molecule has 0 spiro atoms. The van der Waals surface area contributed by atoms with Gasteiger partial charge in [-0.3, -0.25) is 4.90 Å². The summed E-state index contributed by atoms with van der Waals surface area (Å²) in [6.07, 6.45) is -0.703. The van der Waals surface area contributed by atoms with E-state index < -0.39 is 27.8 Å². The quantitative estimate of drug-likeness (QED) is 0.231. The van der Waals surface area contributed by atoms with Crippen molar-refractivity contribution < 1.29 is 22.7 Å². The predicted molar refractivity (Wildman–Crippen MR) is 169 cm³/mol. The largest absolute Gasteiger partial charge is 0.487 e. The van der Waals surface area contributed by atoms with Crippen molar-refractivity contribution >= 4 is 32.6 Å². The van der Waals surface area contributed by atoms with Gasteiger partial charge in [-0.1, -0.05) is 72.3 Å². The molecule has 8 nitrogen and oxygen atoms in total. The molecule has 1 aliphatic heterocycles. The number of fused-ring (bicyclic) bond motifs is 2. The number of nitrogens with one attached hydrogen (secondary N) is 1. The lowest BCUT2D eigenvalue weighted by atomic mass is 9.97. The lowest BCUT2D eigenvalue weighted by molar-refractivity contribution is 0.00814. The van der Waals surface area contributed by atoms with E-state index in [0.29, 0.717) is 17.0 Å². The van der Waals surface area contributed by atoms with Crippen molar-refractivity contribution in [2.75, 3.05) is 6.54 Å². The minimum atomic E-state index is -3.89. The number of sulfonamides is 1. The molecule has 43 heavy (non-hydrogen) atoms. The van der Waals surface area contributed by atoms with E-state index in [4.69, 9.17) is 9.47 Å². The molecule has 4 aromatic carbocycles. The Hall–Kier alpha value is -4.37. The number of aryl methyl sites for hydroxylation is 1. The van der Waals surface area contributed by atoms with Gasteiger partial charge in [0.2, 0.25) is 0 Å². The monoisotopic (exact) mass is 599 g/mol. The van der Waals surface area contributed by atoms with Gasteiger partial charge in [-0.15, -0.1) is 0 Å². The molecule has 9 heteroatoms. The van der Waals surface area contributed by atoms with E-state index in [9.17, 15) is 13.2 Å². The summed E-state index contributed by atoms with van der Waals surface area (Å²) in [5, 5.41) is 6.49. The van der Waals surface area contributed by atoms with Crippen molar-refractivity contribution in [2.45, 2.75) is 63.7 Å². The zero-order valence-corrected chi connectivity index (χ0v) is 25.9. The average molecular weight is 600 g/mol. The van der Waals surface area contributed by atoms with Crippen molar-refractivity contribution in [3.63, 3.8) is 0 Å². The molecule has 2 atom stereocenters. The zero-order chi connectivity index (χ0) is 30.8. The van der Waals surface area contributed by atoms with E-state index in [1.807, 2.05) is 101 Å². The van der Waals surface area contributed by atoms with Crippen molar-refractivity contribution in [3.05, 3.63) is 108 Å². The van der Waals surface area contributed by atoms with Crippen LogP contribution in [0.4, 0.5) is 4.79 Å². The summed E-state index contributed by atoms with van der Waals surface area (Å²) in [4.78, 5) is 17.9. The maximum Gasteiger partial charge on any atom is 0.410 e. The summed E-state index contributed by atoms with van der Waals surface area (Å²) in [5.74, 6) is 0.564. The Bertz CT molecular complexity index is 1760. The number of carbonyl (C=O) groups excluding carboxylic acids is 1. The second-order valence-electron chi connectivity index (χ2n) is 11.8. The molecule has 5 rings (SSSR count). The second-order valence-corrected chi connectivity index (χ2v) is 13.4. The van der Waals surface area contributed by atoms with Gasteiger partial charge in [-0.2, -0.15) is 18.4 Å². The van der Waals surface area contributed by atoms with Crippen LogP contribution in [-0.4, -0.2) is 43.4 Å². The van der Waals surface area contributed by atoms with Gasteiger partial charge < -0.3 is 9.47 Å². The van der Waals surface area contributed by atoms with Crippen LogP contribution in [0.5, 0.6) is 5.75 Å². The Morgan fingerprint density at radius 3 is 2.42 bits per heavy atom. The number of ether oxygens (including phenoxy) is 2. The van der Waals surface area contributed by atoms with Crippen LogP contribution in [0.1, 0.15) is 56.8 Å². The fourth-order valence-corrected chi connectivity index (χ4v) is 5.99. The molecule has 0 fully saturated rings. The van der Waals surface area contributed by atoms with Crippen molar-refractivity contribution in [1.82, 2.24) is 9.73 Å². The Morgan fingerprint density at radius 1 is 1.00 bits per heavy atom. The number of hydrazone groups is 1. The molecule has 1 amide bonds. The van der Waals surface area contributed by atoms with Gasteiger partial charge in [-0.25, -0.2) is 4.79 Å². The highest BCUT2D eigenvalue weighted by molar-refractivity contribution is 7.89. The van der Waals surface area contributed by atoms with Gasteiger partial charge in [0, 0.05) is 12.0 Å². The molecule has 0 aromatic heterocycles. The van der Waals surface area contributed by atoms with Crippen molar-refractivity contribution in [2.24, 2.45) is 5.10 Å². The molecule has 1 aliphatic rings. The Balaban J connectivity index is 1.46. The smallest absolute Gasteiger partial charge is 0.410 e. The topological polar surface area (TPSA) is 97.3 Å². The van der Waals surface area contributed by atoms with Gasteiger partial charge in [0.15, 0.2) is 0 Å². The maximum absolute atomic E-state index is 13.7. The van der Waals surface area contributed by atoms with Crippen LogP contribution < -0.4 is 9.57 Å². The molecule has 4 aromatic rings. The number of para-hydroxylation sites is 1. The summed E-state index contributed by atoms with van der Waals surface area (Å²) in [7, 11) is -3.89. The molecule has 0 bridgehead atoms. The molecule has 0 radical (unpaired) electrons. The van der Waals surface area contributed by atoms with Gasteiger partial charge in [-0.05, 0) is 75.2 Å². The molecule has 0 unspecified atom stereocenters. The number of amides is 1. The second kappa shape index (κ2) is 12.1. The number of nitrogens with zero attached hydrogens (tertiary/aromatic N) is 2. The highest BCUT2D eigenvalue weighted by atomic mass is 32.2. The first kappa shape index (κ1) is 30.1. The van der Waals surface area contributed by atoms with Gasteiger partial charge in [0.25, 0.3) is 10.0 Å². The third-order valence-electron chi connectivity index (χ3n) is 7.31. The molecule has 0 saturated heterocycles. The third-order valence-corrected chi connectivity index (χ3v) is 8.54. The van der Waals surface area contributed by atoms with Crippen molar-refractivity contribution in [1.29, 1.82) is 0 Å². The van der Waals surface area contributed by atoms with Gasteiger partial charge in [0.05, 0.1) is 23.2 Å². The van der Waals surface area contributed by atoms with Crippen LogP contribution in [-0.2, 0) is 14.8 Å². The van der Waals surface area contributed by atoms with Crippen LogP contribution in [0, 0.1) is 6.92 Å². The highest BCUT2D eigenvalue weighted by Gasteiger charge is 2.34. The van der Waals surface area contributed by atoms with Crippen LogP contribution in [0.2, 0.25) is 0 Å². The fourth-order valence-electron chi connectivity index (χ4n) is 5.16. The molecule has 1 heterocycles. The number of hydrogen-bond acceptors (Lipinski definition) is 6. The van der Waals surface area contributed by atoms with Crippen LogP contribution >= 0.6 is 0 Å². The Kier molecular flexibility index (Phi) is 8.46. The summed E-state index contributed by atoms with van der Waals surface area (Å²) >= 11 is 0. The number of carbonyl (C=O) groups is 1. The van der Waals surface area contributed by atoms with E-state index in [2.05, 4.69) is 9.93 Å². The lowest BCUT2D eigenvalue weighted by Gasteiger charge is -2.36. The lowest BCUT2D eigenvalue weighted by Crippen LogP contribution is -2.45. The predicted octanol–water partition coefficient (Wildman–Crippen LogP) is 6.98. The first-order chi connectivity index (χ1) is 20.4. The SMILES string of the molecule is Cc1ccc(S(=O)(=O)N/N=C2\C[C@H](CN(C(=O)OC(C)(C)C)[C@H](C)c3cccc4ccccc34)Oc3ccccc32)cc1.